The highest BCUT2D eigenvalue weighted by molar-refractivity contribution is 4.90. The van der Waals surface area contributed by atoms with Gasteiger partial charge in [-0.25, -0.2) is 4.98 Å². The molecule has 4 heteroatoms. The zero-order chi connectivity index (χ0) is 11.4. The molecule has 1 aromatic heterocycles. The Labute approximate surface area is 96.7 Å². The lowest BCUT2D eigenvalue weighted by atomic mass is 10.0. The molecular weight excluding hydrogens is 202 g/mol. The van der Waals surface area contributed by atoms with Gasteiger partial charge in [0.25, 0.3) is 0 Å². The van der Waals surface area contributed by atoms with Crippen LogP contribution in [0.15, 0.2) is 12.4 Å². The van der Waals surface area contributed by atoms with Gasteiger partial charge in [-0.2, -0.15) is 0 Å². The Bertz CT molecular complexity index is 318. The number of aliphatic hydroxyl groups excluding tert-OH is 1. The van der Waals surface area contributed by atoms with Gasteiger partial charge in [0.1, 0.15) is 5.82 Å². The Morgan fingerprint density at radius 1 is 1.56 bits per heavy atom. The van der Waals surface area contributed by atoms with E-state index in [2.05, 4.69) is 10.3 Å². The minimum atomic E-state index is -0.192. The Morgan fingerprint density at radius 3 is 2.94 bits per heavy atom. The monoisotopic (exact) mass is 223 g/mol. The number of aliphatic hydroxyl groups is 1. The minimum Gasteiger partial charge on any atom is -0.392 e. The van der Waals surface area contributed by atoms with Crippen molar-refractivity contribution in [2.75, 3.05) is 6.54 Å². The number of nitrogens with zero attached hydrogens (tertiary/aromatic N) is 2. The van der Waals surface area contributed by atoms with Gasteiger partial charge in [-0.05, 0) is 18.8 Å². The van der Waals surface area contributed by atoms with Gasteiger partial charge in [0.15, 0.2) is 0 Å². The van der Waals surface area contributed by atoms with Crippen LogP contribution in [0.4, 0.5) is 0 Å². The molecule has 1 aliphatic rings. The van der Waals surface area contributed by atoms with E-state index in [0.717, 1.165) is 12.4 Å². The van der Waals surface area contributed by atoms with E-state index in [0.29, 0.717) is 12.5 Å². The topological polar surface area (TPSA) is 50.1 Å². The summed E-state index contributed by atoms with van der Waals surface area (Å²) in [6, 6.07) is 0. The van der Waals surface area contributed by atoms with Crippen LogP contribution >= 0.6 is 0 Å². The second-order valence-corrected chi connectivity index (χ2v) is 4.70. The molecule has 0 radical (unpaired) electrons. The summed E-state index contributed by atoms with van der Waals surface area (Å²) in [6.45, 7) is 1.41. The second kappa shape index (κ2) is 5.46. The zero-order valence-corrected chi connectivity index (χ0v) is 9.89. The minimum absolute atomic E-state index is 0.192. The molecule has 4 nitrogen and oxygen atoms in total. The fourth-order valence-electron chi connectivity index (χ4n) is 2.41. The van der Waals surface area contributed by atoms with Crippen LogP contribution in [0.2, 0.25) is 0 Å². The number of aryl methyl sites for hydroxylation is 1. The molecule has 90 valence electrons. The third-order valence-electron chi connectivity index (χ3n) is 3.50. The quantitative estimate of drug-likeness (QED) is 0.785. The normalized spacial score (nSPS) is 19.1. The fourth-order valence-corrected chi connectivity index (χ4v) is 2.41. The number of hydrogen-bond acceptors (Lipinski definition) is 3. The summed E-state index contributed by atoms with van der Waals surface area (Å²) in [5, 5.41) is 13.2. The van der Waals surface area contributed by atoms with Crippen LogP contribution in [-0.4, -0.2) is 27.3 Å². The van der Waals surface area contributed by atoms with Gasteiger partial charge in [-0.1, -0.05) is 12.8 Å². The zero-order valence-electron chi connectivity index (χ0n) is 9.89. The number of rotatable bonds is 5. The fraction of sp³-hybridized carbons (Fsp3) is 0.750. The lowest BCUT2D eigenvalue weighted by Gasteiger charge is -2.17. The van der Waals surface area contributed by atoms with Gasteiger partial charge >= 0.3 is 0 Å². The molecule has 1 saturated carbocycles. The third kappa shape index (κ3) is 2.83. The first-order chi connectivity index (χ1) is 7.77. The average Bonchev–Trinajstić information content (AvgIpc) is 2.90. The SMILES string of the molecule is Cn1ccnc1CNCC(O)C1CCCC1. The van der Waals surface area contributed by atoms with Crippen LogP contribution in [-0.2, 0) is 13.6 Å². The van der Waals surface area contributed by atoms with Crippen LogP contribution in [0.25, 0.3) is 0 Å². The molecule has 0 aliphatic heterocycles. The number of aromatic nitrogens is 2. The predicted octanol–water partition coefficient (Wildman–Crippen LogP) is 1.06. The van der Waals surface area contributed by atoms with E-state index in [1.165, 1.54) is 25.7 Å². The molecule has 1 aromatic rings. The molecule has 16 heavy (non-hydrogen) atoms. The Morgan fingerprint density at radius 2 is 2.31 bits per heavy atom. The Balaban J connectivity index is 1.69. The van der Waals surface area contributed by atoms with Gasteiger partial charge in [0, 0.05) is 26.0 Å². The summed E-state index contributed by atoms with van der Waals surface area (Å²) in [7, 11) is 1.98. The van der Waals surface area contributed by atoms with Crippen LogP contribution in [0, 0.1) is 5.92 Å². The highest BCUT2D eigenvalue weighted by Crippen LogP contribution is 2.27. The molecule has 1 fully saturated rings. The summed E-state index contributed by atoms with van der Waals surface area (Å²) in [5.74, 6) is 1.52. The van der Waals surface area contributed by atoms with Gasteiger partial charge in [0.2, 0.25) is 0 Å². The standard InChI is InChI=1S/C12H21N3O/c1-15-7-6-14-12(15)9-13-8-11(16)10-4-2-3-5-10/h6-7,10-11,13,16H,2-5,8-9H2,1H3. The van der Waals surface area contributed by atoms with E-state index in [4.69, 9.17) is 0 Å². The molecule has 0 amide bonds. The first kappa shape index (κ1) is 11.6. The number of nitrogens with one attached hydrogen (secondary N) is 1. The average molecular weight is 223 g/mol. The summed E-state index contributed by atoms with van der Waals surface area (Å²) >= 11 is 0. The van der Waals surface area contributed by atoms with Crippen molar-refractivity contribution < 1.29 is 5.11 Å². The first-order valence-electron chi connectivity index (χ1n) is 6.12. The van der Waals surface area contributed by atoms with E-state index < -0.39 is 0 Å². The van der Waals surface area contributed by atoms with Crippen molar-refractivity contribution >= 4 is 0 Å². The van der Waals surface area contributed by atoms with Crippen molar-refractivity contribution in [2.45, 2.75) is 38.3 Å². The van der Waals surface area contributed by atoms with E-state index >= 15 is 0 Å². The largest absolute Gasteiger partial charge is 0.392 e. The van der Waals surface area contributed by atoms with Crippen molar-refractivity contribution in [3.63, 3.8) is 0 Å². The summed E-state index contributed by atoms with van der Waals surface area (Å²) in [4.78, 5) is 4.23. The summed E-state index contributed by atoms with van der Waals surface area (Å²) in [5.41, 5.74) is 0. The molecule has 0 saturated heterocycles. The van der Waals surface area contributed by atoms with Crippen LogP contribution in [0.3, 0.4) is 0 Å². The van der Waals surface area contributed by atoms with Crippen LogP contribution < -0.4 is 5.32 Å². The molecule has 0 spiro atoms. The molecular formula is C12H21N3O. The summed E-state index contributed by atoms with van der Waals surface area (Å²) in [6.07, 6.45) is 8.47. The van der Waals surface area contributed by atoms with Gasteiger partial charge in [-0.3, -0.25) is 0 Å². The lowest BCUT2D eigenvalue weighted by Crippen LogP contribution is -2.32. The van der Waals surface area contributed by atoms with Gasteiger partial charge in [0.05, 0.1) is 12.6 Å². The van der Waals surface area contributed by atoms with Crippen molar-refractivity contribution in [3.05, 3.63) is 18.2 Å². The Kier molecular flexibility index (Phi) is 3.96. The van der Waals surface area contributed by atoms with Crippen LogP contribution in [0.5, 0.6) is 0 Å². The van der Waals surface area contributed by atoms with E-state index in [1.54, 1.807) is 6.20 Å². The maximum atomic E-state index is 9.96. The molecule has 1 aliphatic carbocycles. The molecule has 1 heterocycles. The van der Waals surface area contributed by atoms with Gasteiger partial charge < -0.3 is 15.0 Å². The summed E-state index contributed by atoms with van der Waals surface area (Å²) < 4.78 is 1.99. The van der Waals surface area contributed by atoms with Crippen molar-refractivity contribution in [2.24, 2.45) is 13.0 Å². The van der Waals surface area contributed by atoms with Crippen molar-refractivity contribution in [3.8, 4) is 0 Å². The molecule has 0 bridgehead atoms. The van der Waals surface area contributed by atoms with Crippen molar-refractivity contribution in [1.29, 1.82) is 0 Å². The van der Waals surface area contributed by atoms with E-state index in [-0.39, 0.29) is 6.10 Å². The number of hydrogen-bond donors (Lipinski definition) is 2. The molecule has 1 unspecified atom stereocenters. The lowest BCUT2D eigenvalue weighted by molar-refractivity contribution is 0.109. The van der Waals surface area contributed by atoms with Crippen molar-refractivity contribution in [1.82, 2.24) is 14.9 Å². The van der Waals surface area contributed by atoms with Gasteiger partial charge in [-0.15, -0.1) is 0 Å². The number of imidazole rings is 1. The Hall–Kier alpha value is -0.870. The maximum Gasteiger partial charge on any atom is 0.122 e. The molecule has 2 rings (SSSR count). The van der Waals surface area contributed by atoms with E-state index in [1.807, 2.05) is 17.8 Å². The highest BCUT2D eigenvalue weighted by Gasteiger charge is 2.22. The first-order valence-corrected chi connectivity index (χ1v) is 6.12. The van der Waals surface area contributed by atoms with E-state index in [9.17, 15) is 5.11 Å². The molecule has 0 aromatic carbocycles. The molecule has 1 atom stereocenters. The predicted molar refractivity (Wildman–Crippen MR) is 62.9 cm³/mol. The third-order valence-corrected chi connectivity index (χ3v) is 3.50. The van der Waals surface area contributed by atoms with Crippen LogP contribution in [0.1, 0.15) is 31.5 Å². The smallest absolute Gasteiger partial charge is 0.122 e. The molecule has 2 N–H and O–H groups in total. The maximum absolute atomic E-state index is 9.96. The highest BCUT2D eigenvalue weighted by atomic mass is 16.3. The second-order valence-electron chi connectivity index (χ2n) is 4.70.